The van der Waals surface area contributed by atoms with E-state index < -0.39 is 41.8 Å². The molecular weight excluding hydrogens is 494 g/mol. The molecule has 0 aliphatic heterocycles. The van der Waals surface area contributed by atoms with Gasteiger partial charge in [0, 0.05) is 0 Å². The zero-order valence-corrected chi connectivity index (χ0v) is 21.0. The maximum absolute atomic E-state index is 14.9. The second-order valence-electron chi connectivity index (χ2n) is 10.5. The van der Waals surface area contributed by atoms with Crippen LogP contribution >= 0.6 is 0 Å². The molecule has 0 saturated heterocycles. The van der Waals surface area contributed by atoms with Crippen molar-refractivity contribution in [1.82, 2.24) is 0 Å². The molecule has 0 radical (unpaired) electrons. The van der Waals surface area contributed by atoms with Crippen molar-refractivity contribution >= 4 is 0 Å². The van der Waals surface area contributed by atoms with Gasteiger partial charge in [-0.2, -0.15) is 17.6 Å². The zero-order chi connectivity index (χ0) is 26.6. The summed E-state index contributed by atoms with van der Waals surface area (Å²) in [7, 11) is 0. The van der Waals surface area contributed by atoms with Crippen molar-refractivity contribution in [3.8, 4) is 16.9 Å². The summed E-state index contributed by atoms with van der Waals surface area (Å²) in [6.07, 6.45) is -2.59. The van der Waals surface area contributed by atoms with Gasteiger partial charge in [-0.3, -0.25) is 0 Å². The second kappa shape index (κ2) is 11.7. The topological polar surface area (TPSA) is 18.5 Å². The number of alkyl halides is 4. The Morgan fingerprint density at radius 1 is 0.703 bits per heavy atom. The Hall–Kier alpha value is -2.22. The van der Waals surface area contributed by atoms with Crippen LogP contribution < -0.4 is 4.74 Å². The summed E-state index contributed by atoms with van der Waals surface area (Å²) in [6, 6.07) is 9.08. The van der Waals surface area contributed by atoms with Gasteiger partial charge in [0.15, 0.2) is 11.6 Å². The molecular formula is C29H34F6O2. The minimum absolute atomic E-state index is 0.0178. The Morgan fingerprint density at radius 2 is 1.27 bits per heavy atom. The van der Waals surface area contributed by atoms with E-state index >= 15 is 0 Å². The fourth-order valence-electron chi connectivity index (χ4n) is 5.66. The number of halogens is 6. The van der Waals surface area contributed by atoms with Gasteiger partial charge in [-0.25, -0.2) is 8.78 Å². The lowest BCUT2D eigenvalue weighted by Crippen LogP contribution is -2.42. The summed E-state index contributed by atoms with van der Waals surface area (Å²) in [4.78, 5) is 0. The minimum Gasteiger partial charge on any atom is -0.432 e. The van der Waals surface area contributed by atoms with Crippen molar-refractivity contribution in [2.75, 3.05) is 0 Å². The van der Waals surface area contributed by atoms with E-state index in [0.29, 0.717) is 29.9 Å². The lowest BCUT2D eigenvalue weighted by Gasteiger charge is -2.38. The van der Waals surface area contributed by atoms with Crippen LogP contribution in [-0.4, -0.2) is 18.3 Å². The molecule has 2 aromatic carbocycles. The standard InChI is InChI=1S/C29H34F6O2/c1-2-3-19-4-9-22(10-5-19)28(32,33)37-25-15-11-23(12-16-25)29(34,35)36-24-13-6-20(7-14-24)21-8-17-26(30)27(31)18-21/h6-8,13-14,17-19,22-23,25H,2-5,9-12,15-16H2,1H3. The van der Waals surface area contributed by atoms with E-state index in [0.717, 1.165) is 37.8 Å². The molecule has 0 spiro atoms. The van der Waals surface area contributed by atoms with Gasteiger partial charge in [0.2, 0.25) is 0 Å². The van der Waals surface area contributed by atoms with Crippen LogP contribution in [0.2, 0.25) is 0 Å². The van der Waals surface area contributed by atoms with Crippen LogP contribution in [0.3, 0.4) is 0 Å². The Morgan fingerprint density at radius 3 is 1.86 bits per heavy atom. The molecule has 0 atom stereocenters. The van der Waals surface area contributed by atoms with Crippen molar-refractivity contribution in [2.45, 2.75) is 89.5 Å². The van der Waals surface area contributed by atoms with E-state index in [1.807, 2.05) is 0 Å². The smallest absolute Gasteiger partial charge is 0.400 e. The lowest BCUT2D eigenvalue weighted by molar-refractivity contribution is -0.306. The van der Waals surface area contributed by atoms with Crippen LogP contribution in [0.1, 0.15) is 71.1 Å². The van der Waals surface area contributed by atoms with Crippen molar-refractivity contribution in [3.05, 3.63) is 54.1 Å². The predicted molar refractivity (Wildman–Crippen MR) is 130 cm³/mol. The average Bonchev–Trinajstić information content (AvgIpc) is 2.87. The third kappa shape index (κ3) is 7.01. The van der Waals surface area contributed by atoms with Crippen LogP contribution in [0.25, 0.3) is 11.1 Å². The Bertz CT molecular complexity index is 1010. The molecule has 2 aliphatic rings. The molecule has 2 fully saturated rings. The lowest BCUT2D eigenvalue weighted by atomic mass is 9.79. The Labute approximate surface area is 214 Å². The Balaban J connectivity index is 1.27. The molecule has 0 heterocycles. The zero-order valence-electron chi connectivity index (χ0n) is 21.0. The number of hydrogen-bond acceptors (Lipinski definition) is 2. The number of rotatable bonds is 9. The van der Waals surface area contributed by atoms with E-state index in [4.69, 9.17) is 9.47 Å². The first kappa shape index (κ1) is 27.8. The normalized spacial score (nSPS) is 25.2. The van der Waals surface area contributed by atoms with Gasteiger partial charge in [0.25, 0.3) is 0 Å². The van der Waals surface area contributed by atoms with Crippen LogP contribution in [0.4, 0.5) is 26.3 Å². The highest BCUT2D eigenvalue weighted by Crippen LogP contribution is 2.44. The van der Waals surface area contributed by atoms with Gasteiger partial charge >= 0.3 is 12.2 Å². The molecule has 0 N–H and O–H groups in total. The third-order valence-corrected chi connectivity index (χ3v) is 7.85. The highest BCUT2D eigenvalue weighted by Gasteiger charge is 2.48. The minimum atomic E-state index is -3.48. The maximum atomic E-state index is 14.9. The fraction of sp³-hybridized carbons (Fsp3) is 0.586. The molecule has 4 rings (SSSR count). The summed E-state index contributed by atoms with van der Waals surface area (Å²) in [5.74, 6) is -3.45. The Kier molecular flexibility index (Phi) is 8.77. The van der Waals surface area contributed by atoms with Gasteiger partial charge in [0.05, 0.1) is 17.9 Å². The van der Waals surface area contributed by atoms with Crippen LogP contribution in [0.5, 0.6) is 5.75 Å². The van der Waals surface area contributed by atoms with Crippen molar-refractivity contribution < 1.29 is 35.8 Å². The van der Waals surface area contributed by atoms with E-state index in [9.17, 15) is 26.3 Å². The van der Waals surface area contributed by atoms with Gasteiger partial charge in [-0.15, -0.1) is 0 Å². The molecule has 2 aromatic rings. The first-order chi connectivity index (χ1) is 17.6. The van der Waals surface area contributed by atoms with Crippen molar-refractivity contribution in [3.63, 3.8) is 0 Å². The first-order valence-electron chi connectivity index (χ1n) is 13.3. The first-order valence-corrected chi connectivity index (χ1v) is 13.3. The average molecular weight is 529 g/mol. The molecule has 0 aromatic heterocycles. The second-order valence-corrected chi connectivity index (χ2v) is 10.5. The van der Waals surface area contributed by atoms with Gasteiger partial charge < -0.3 is 9.47 Å². The van der Waals surface area contributed by atoms with Gasteiger partial charge in [-0.1, -0.05) is 38.0 Å². The summed E-state index contributed by atoms with van der Waals surface area (Å²) in [5, 5.41) is 0. The highest BCUT2D eigenvalue weighted by atomic mass is 19.3. The fourth-order valence-corrected chi connectivity index (χ4v) is 5.66. The van der Waals surface area contributed by atoms with Crippen molar-refractivity contribution in [2.24, 2.45) is 17.8 Å². The molecule has 2 nitrogen and oxygen atoms in total. The molecule has 2 saturated carbocycles. The number of ether oxygens (including phenoxy) is 2. The predicted octanol–water partition coefficient (Wildman–Crippen LogP) is 9.38. The van der Waals surface area contributed by atoms with E-state index in [2.05, 4.69) is 6.92 Å². The summed E-state index contributed by atoms with van der Waals surface area (Å²) < 4.78 is 96.1. The highest BCUT2D eigenvalue weighted by molar-refractivity contribution is 5.64. The molecule has 37 heavy (non-hydrogen) atoms. The van der Waals surface area contributed by atoms with Gasteiger partial charge in [0.1, 0.15) is 5.75 Å². The van der Waals surface area contributed by atoms with Gasteiger partial charge in [-0.05, 0) is 92.7 Å². The molecule has 0 amide bonds. The number of hydrogen-bond donors (Lipinski definition) is 0. The largest absolute Gasteiger partial charge is 0.432 e. The van der Waals surface area contributed by atoms with E-state index in [1.165, 1.54) is 30.3 Å². The number of benzene rings is 2. The summed E-state index contributed by atoms with van der Waals surface area (Å²) in [6.45, 7) is 2.10. The van der Waals surface area contributed by atoms with E-state index in [1.54, 1.807) is 0 Å². The van der Waals surface area contributed by atoms with Crippen LogP contribution in [-0.2, 0) is 4.74 Å². The monoisotopic (exact) mass is 528 g/mol. The maximum Gasteiger partial charge on any atom is 0.400 e. The SMILES string of the molecule is CCCC1CCC(C(F)(F)OC2CCC(C(F)(F)Oc3ccc(-c4ccc(F)c(F)c4)cc3)CC2)CC1. The quantitative estimate of drug-likeness (QED) is 0.302. The van der Waals surface area contributed by atoms with E-state index in [-0.39, 0.29) is 31.4 Å². The van der Waals surface area contributed by atoms with Crippen LogP contribution in [0.15, 0.2) is 42.5 Å². The van der Waals surface area contributed by atoms with Crippen molar-refractivity contribution in [1.29, 1.82) is 0 Å². The molecule has 2 aliphatic carbocycles. The summed E-state index contributed by atoms with van der Waals surface area (Å²) in [5.41, 5.74) is 0.924. The molecule has 0 unspecified atom stereocenters. The summed E-state index contributed by atoms with van der Waals surface area (Å²) >= 11 is 0. The molecule has 8 heteroatoms. The molecule has 204 valence electrons. The third-order valence-electron chi connectivity index (χ3n) is 7.85. The molecule has 0 bridgehead atoms. The van der Waals surface area contributed by atoms with Crippen LogP contribution in [0, 0.1) is 29.4 Å².